The number of ether oxygens (including phenoxy) is 2. The van der Waals surface area contributed by atoms with Gasteiger partial charge in [-0.25, -0.2) is 4.79 Å². The van der Waals surface area contributed by atoms with E-state index in [-0.39, 0.29) is 18.8 Å². The van der Waals surface area contributed by atoms with Crippen molar-refractivity contribution in [2.45, 2.75) is 0 Å². The van der Waals surface area contributed by atoms with Gasteiger partial charge in [0.05, 0.1) is 5.02 Å². The van der Waals surface area contributed by atoms with Gasteiger partial charge in [-0.2, -0.15) is 5.26 Å². The molecule has 1 aliphatic rings. The average Bonchev–Trinajstić information content (AvgIpc) is 2.49. The normalized spacial score (nSPS) is 13.3. The Kier molecular flexibility index (Phi) is 5.26. The Morgan fingerprint density at radius 1 is 1.50 bits per heavy atom. The van der Waals surface area contributed by atoms with Crippen LogP contribution in [0.25, 0.3) is 6.08 Å². The van der Waals surface area contributed by atoms with Crippen molar-refractivity contribution in [1.29, 1.82) is 5.26 Å². The molecule has 0 saturated heterocycles. The molecule has 6 heteroatoms. The van der Waals surface area contributed by atoms with Crippen molar-refractivity contribution in [1.82, 2.24) is 0 Å². The second-order valence-electron chi connectivity index (χ2n) is 4.37. The van der Waals surface area contributed by atoms with Crippen LogP contribution in [0.2, 0.25) is 10.0 Å². The molecule has 0 spiro atoms. The number of fused-ring (bicyclic) bond motifs is 1. The van der Waals surface area contributed by atoms with Gasteiger partial charge in [0.25, 0.3) is 0 Å². The van der Waals surface area contributed by atoms with Crippen LogP contribution >= 0.6 is 23.2 Å². The number of hydrogen-bond acceptors (Lipinski definition) is 4. The zero-order valence-electron chi connectivity index (χ0n) is 11.4. The number of carbonyl (C=O) groups excluding carboxylic acids is 1. The van der Waals surface area contributed by atoms with Crippen LogP contribution in [0.5, 0.6) is 5.75 Å². The van der Waals surface area contributed by atoms with Crippen molar-refractivity contribution in [3.05, 3.63) is 57.6 Å². The van der Waals surface area contributed by atoms with Crippen molar-refractivity contribution >= 4 is 35.2 Å². The number of nitrogens with zero attached hydrogens (tertiary/aromatic N) is 1. The van der Waals surface area contributed by atoms with E-state index in [2.05, 4.69) is 6.58 Å². The highest BCUT2D eigenvalue weighted by Gasteiger charge is 2.17. The molecule has 1 aromatic rings. The number of hydrogen-bond donors (Lipinski definition) is 0. The second-order valence-corrected chi connectivity index (χ2v) is 5.21. The van der Waals surface area contributed by atoms with Crippen LogP contribution in [0.1, 0.15) is 5.56 Å². The molecule has 0 aliphatic carbocycles. The Morgan fingerprint density at radius 3 is 2.95 bits per heavy atom. The molecule has 0 N–H and O–H groups in total. The summed E-state index contributed by atoms with van der Waals surface area (Å²) in [4.78, 5) is 11.7. The molecule has 22 heavy (non-hydrogen) atoms. The zero-order valence-corrected chi connectivity index (χ0v) is 12.9. The minimum atomic E-state index is -0.710. The first-order chi connectivity index (χ1) is 10.5. The van der Waals surface area contributed by atoms with Gasteiger partial charge in [-0.3, -0.25) is 0 Å². The Labute approximate surface area is 137 Å². The van der Waals surface area contributed by atoms with Crippen LogP contribution in [0.4, 0.5) is 0 Å². The summed E-state index contributed by atoms with van der Waals surface area (Å²) in [7, 11) is 0. The van der Waals surface area contributed by atoms with Gasteiger partial charge in [0.2, 0.25) is 0 Å². The smallest absolute Gasteiger partial charge is 0.349 e. The van der Waals surface area contributed by atoms with Crippen molar-refractivity contribution in [2.24, 2.45) is 0 Å². The number of halogens is 2. The van der Waals surface area contributed by atoms with Gasteiger partial charge in [-0.05, 0) is 29.9 Å². The lowest BCUT2D eigenvalue weighted by Crippen LogP contribution is -2.10. The fraction of sp³-hybridized carbons (Fsp3) is 0.125. The monoisotopic (exact) mass is 335 g/mol. The van der Waals surface area contributed by atoms with Gasteiger partial charge in [-0.15, -0.1) is 0 Å². The van der Waals surface area contributed by atoms with Crippen LogP contribution in [0.15, 0.2) is 42.0 Å². The first-order valence-electron chi connectivity index (χ1n) is 6.27. The molecule has 0 aromatic heterocycles. The molecule has 0 saturated carbocycles. The van der Waals surface area contributed by atoms with Gasteiger partial charge in [0, 0.05) is 10.6 Å². The molecule has 0 unspecified atom stereocenters. The highest BCUT2D eigenvalue weighted by molar-refractivity contribution is 6.36. The highest BCUT2D eigenvalue weighted by atomic mass is 35.5. The Bertz CT molecular complexity index is 730. The summed E-state index contributed by atoms with van der Waals surface area (Å²) >= 11 is 12.0. The van der Waals surface area contributed by atoms with E-state index in [0.29, 0.717) is 26.9 Å². The summed E-state index contributed by atoms with van der Waals surface area (Å²) in [5.41, 5.74) is 1.21. The minimum Gasteiger partial charge on any atom is -0.487 e. The largest absolute Gasteiger partial charge is 0.487 e. The molecule has 112 valence electrons. The lowest BCUT2D eigenvalue weighted by molar-refractivity contribution is -0.137. The predicted molar refractivity (Wildman–Crippen MR) is 84.8 cm³/mol. The first-order valence-corrected chi connectivity index (χ1v) is 7.03. The Morgan fingerprint density at radius 2 is 2.27 bits per heavy atom. The fourth-order valence-corrected chi connectivity index (χ4v) is 2.42. The third-order valence-corrected chi connectivity index (χ3v) is 3.26. The van der Waals surface area contributed by atoms with Gasteiger partial charge in [-0.1, -0.05) is 35.9 Å². The molecule has 2 rings (SSSR count). The highest BCUT2D eigenvalue weighted by Crippen LogP contribution is 2.36. The number of carbonyl (C=O) groups is 1. The molecular weight excluding hydrogens is 325 g/mol. The third-order valence-electron chi connectivity index (χ3n) is 2.76. The van der Waals surface area contributed by atoms with Crippen LogP contribution in [-0.4, -0.2) is 19.2 Å². The summed E-state index contributed by atoms with van der Waals surface area (Å²) in [6.45, 7) is 3.67. The Balaban J connectivity index is 2.31. The third kappa shape index (κ3) is 3.70. The number of benzene rings is 1. The molecule has 1 heterocycles. The van der Waals surface area contributed by atoms with E-state index in [1.54, 1.807) is 18.2 Å². The maximum atomic E-state index is 11.7. The van der Waals surface area contributed by atoms with E-state index < -0.39 is 5.97 Å². The van der Waals surface area contributed by atoms with E-state index in [4.69, 9.17) is 37.9 Å². The summed E-state index contributed by atoms with van der Waals surface area (Å²) in [6.07, 6.45) is 4.61. The molecule has 0 bridgehead atoms. The fourth-order valence-electron chi connectivity index (χ4n) is 1.85. The molecule has 0 amide bonds. The molecular formula is C16H11Cl2NO3. The van der Waals surface area contributed by atoms with E-state index in [1.165, 1.54) is 12.2 Å². The molecule has 1 aliphatic heterocycles. The van der Waals surface area contributed by atoms with E-state index in [0.717, 1.165) is 0 Å². The van der Waals surface area contributed by atoms with Gasteiger partial charge >= 0.3 is 5.97 Å². The standard InChI is InChI=1S/C16H11Cl2NO3/c1-2-3-21-16(20)12(8-19)5-10-4-11-6-13(17)7-14(18)15(11)22-9-10/h2,4-7H,1,3,9H2/b12-5-. The minimum absolute atomic E-state index is 0.0431. The van der Waals surface area contributed by atoms with E-state index >= 15 is 0 Å². The van der Waals surface area contributed by atoms with Crippen molar-refractivity contribution in [2.75, 3.05) is 13.2 Å². The molecule has 1 aromatic carbocycles. The van der Waals surface area contributed by atoms with Crippen LogP contribution < -0.4 is 4.74 Å². The van der Waals surface area contributed by atoms with E-state index in [9.17, 15) is 4.79 Å². The first kappa shape index (κ1) is 16.2. The maximum Gasteiger partial charge on any atom is 0.349 e. The zero-order chi connectivity index (χ0) is 16.1. The lowest BCUT2D eigenvalue weighted by Gasteiger charge is -2.17. The average molecular weight is 336 g/mol. The van der Waals surface area contributed by atoms with Gasteiger partial charge in [0.15, 0.2) is 0 Å². The topological polar surface area (TPSA) is 59.3 Å². The summed E-state index contributed by atoms with van der Waals surface area (Å²) in [6, 6.07) is 5.09. The molecule has 0 radical (unpaired) electrons. The van der Waals surface area contributed by atoms with Crippen LogP contribution in [-0.2, 0) is 9.53 Å². The number of esters is 1. The number of rotatable bonds is 4. The van der Waals surface area contributed by atoms with Crippen molar-refractivity contribution in [3.8, 4) is 11.8 Å². The Hall–Kier alpha value is -2.22. The van der Waals surface area contributed by atoms with Gasteiger partial charge in [0.1, 0.15) is 30.6 Å². The van der Waals surface area contributed by atoms with Crippen molar-refractivity contribution in [3.63, 3.8) is 0 Å². The van der Waals surface area contributed by atoms with Gasteiger partial charge < -0.3 is 9.47 Å². The predicted octanol–water partition coefficient (Wildman–Crippen LogP) is 3.95. The van der Waals surface area contributed by atoms with Crippen LogP contribution in [0, 0.1) is 11.3 Å². The molecule has 4 nitrogen and oxygen atoms in total. The second kappa shape index (κ2) is 7.17. The number of nitriles is 1. The summed E-state index contributed by atoms with van der Waals surface area (Å²) < 4.78 is 10.4. The lowest BCUT2D eigenvalue weighted by atomic mass is 10.1. The molecule has 0 atom stereocenters. The SMILES string of the molecule is C=CCOC(=O)/C(C#N)=C\C1=Cc2cc(Cl)cc(Cl)c2OC1. The van der Waals surface area contributed by atoms with Crippen LogP contribution in [0.3, 0.4) is 0 Å². The molecule has 0 fully saturated rings. The quantitative estimate of drug-likeness (QED) is 0.362. The summed E-state index contributed by atoms with van der Waals surface area (Å²) in [5, 5.41) is 9.94. The summed E-state index contributed by atoms with van der Waals surface area (Å²) in [5.74, 6) is -0.186. The van der Waals surface area contributed by atoms with E-state index in [1.807, 2.05) is 6.07 Å². The van der Waals surface area contributed by atoms with Crippen molar-refractivity contribution < 1.29 is 14.3 Å². The maximum absolute atomic E-state index is 11.7.